The average molecular weight is 451 g/mol. The van der Waals surface area contributed by atoms with Gasteiger partial charge >= 0.3 is 0 Å². The van der Waals surface area contributed by atoms with Gasteiger partial charge in [0, 0.05) is 13.1 Å². The summed E-state index contributed by atoms with van der Waals surface area (Å²) in [5.41, 5.74) is 0.890. The highest BCUT2D eigenvalue weighted by atomic mass is 35.5. The molecule has 1 fully saturated rings. The van der Waals surface area contributed by atoms with E-state index in [0.29, 0.717) is 18.8 Å². The number of nitrogens with one attached hydrogen (secondary N) is 1. The van der Waals surface area contributed by atoms with Gasteiger partial charge in [-0.3, -0.25) is 4.79 Å². The van der Waals surface area contributed by atoms with Crippen LogP contribution in [0.3, 0.4) is 0 Å². The Morgan fingerprint density at radius 2 is 1.77 bits per heavy atom. The third-order valence-corrected chi connectivity index (χ3v) is 6.99. The van der Waals surface area contributed by atoms with Crippen LogP contribution >= 0.6 is 11.6 Å². The Balaban J connectivity index is 1.86. The number of benzene rings is 2. The summed E-state index contributed by atoms with van der Waals surface area (Å²) < 4.78 is 33.8. The molecule has 0 unspecified atom stereocenters. The number of hydrogen-bond donors (Lipinski definition) is 1. The molecule has 2 aromatic carbocycles. The van der Waals surface area contributed by atoms with E-state index in [9.17, 15) is 13.2 Å². The average Bonchev–Trinajstić information content (AvgIpc) is 3.03. The Labute approximate surface area is 183 Å². The molecule has 6 nitrogen and oxygen atoms in total. The molecule has 0 bridgehead atoms. The van der Waals surface area contributed by atoms with Gasteiger partial charge < -0.3 is 9.64 Å². The zero-order valence-electron chi connectivity index (χ0n) is 17.0. The third kappa shape index (κ3) is 5.74. The minimum atomic E-state index is -3.96. The first kappa shape index (κ1) is 22.6. The highest BCUT2D eigenvalue weighted by molar-refractivity contribution is 7.89. The lowest BCUT2D eigenvalue weighted by molar-refractivity contribution is -0.132. The Morgan fingerprint density at radius 1 is 1.10 bits per heavy atom. The smallest absolute Gasteiger partial charge is 0.241 e. The monoisotopic (exact) mass is 450 g/mol. The van der Waals surface area contributed by atoms with Crippen LogP contribution in [0.1, 0.15) is 31.2 Å². The number of halogens is 1. The van der Waals surface area contributed by atoms with Crippen molar-refractivity contribution in [2.75, 3.05) is 20.2 Å². The standard InChI is InChI=1S/C22H27ClN2O4S/c1-29-21-12-11-18(16-19(21)23)30(27,28)24-20(15-17-9-5-4-6-10-17)22(26)25-13-7-2-3-8-14-25/h4-6,9-12,16,20,24H,2-3,7-8,13-15H2,1H3/t20-/m0/s1. The molecule has 1 heterocycles. The maximum Gasteiger partial charge on any atom is 0.241 e. The Bertz CT molecular complexity index is 958. The van der Waals surface area contributed by atoms with Gasteiger partial charge in [-0.1, -0.05) is 54.8 Å². The first-order chi connectivity index (χ1) is 14.4. The van der Waals surface area contributed by atoms with Crippen LogP contribution in [0.2, 0.25) is 5.02 Å². The molecular formula is C22H27ClN2O4S. The Morgan fingerprint density at radius 3 is 2.37 bits per heavy atom. The van der Waals surface area contributed by atoms with Crippen molar-refractivity contribution in [1.29, 1.82) is 0 Å². The van der Waals surface area contributed by atoms with Gasteiger partial charge in [-0.2, -0.15) is 4.72 Å². The quantitative estimate of drug-likeness (QED) is 0.698. The van der Waals surface area contributed by atoms with Crippen molar-refractivity contribution in [2.45, 2.75) is 43.0 Å². The molecule has 0 spiro atoms. The first-order valence-corrected chi connectivity index (χ1v) is 12.0. The summed E-state index contributed by atoms with van der Waals surface area (Å²) in [6.45, 7) is 1.31. The van der Waals surface area contributed by atoms with Crippen molar-refractivity contribution in [2.24, 2.45) is 0 Å². The number of carbonyl (C=O) groups is 1. The van der Waals surface area contributed by atoms with E-state index in [1.807, 2.05) is 30.3 Å². The van der Waals surface area contributed by atoms with Gasteiger partial charge in [0.25, 0.3) is 0 Å². The van der Waals surface area contributed by atoms with Crippen LogP contribution in [0.25, 0.3) is 0 Å². The molecule has 1 aliphatic heterocycles. The van der Waals surface area contributed by atoms with E-state index in [0.717, 1.165) is 31.2 Å². The molecule has 162 valence electrons. The van der Waals surface area contributed by atoms with Crippen LogP contribution < -0.4 is 9.46 Å². The van der Waals surface area contributed by atoms with Crippen molar-refractivity contribution >= 4 is 27.5 Å². The highest BCUT2D eigenvalue weighted by Crippen LogP contribution is 2.27. The molecule has 1 amide bonds. The molecule has 0 saturated carbocycles. The second-order valence-corrected chi connectivity index (χ2v) is 9.52. The molecule has 0 radical (unpaired) electrons. The number of nitrogens with zero attached hydrogens (tertiary/aromatic N) is 1. The van der Waals surface area contributed by atoms with Crippen molar-refractivity contribution < 1.29 is 17.9 Å². The molecule has 0 aromatic heterocycles. The molecule has 2 aromatic rings. The Kier molecular flexibility index (Phi) is 7.75. The summed E-state index contributed by atoms with van der Waals surface area (Å²) in [4.78, 5) is 15.1. The SMILES string of the molecule is COc1ccc(S(=O)(=O)N[C@@H](Cc2ccccc2)C(=O)N2CCCCCC2)cc1Cl. The maximum atomic E-state index is 13.3. The number of methoxy groups -OCH3 is 1. The van der Waals surface area contributed by atoms with Crippen molar-refractivity contribution in [3.8, 4) is 5.75 Å². The number of sulfonamides is 1. The van der Waals surface area contributed by atoms with Gasteiger partial charge in [0.2, 0.25) is 15.9 Å². The maximum absolute atomic E-state index is 13.3. The number of hydrogen-bond acceptors (Lipinski definition) is 4. The number of amides is 1. The molecule has 1 N–H and O–H groups in total. The summed E-state index contributed by atoms with van der Waals surface area (Å²) in [6.07, 6.45) is 4.32. The second-order valence-electron chi connectivity index (χ2n) is 7.40. The van der Waals surface area contributed by atoms with Gasteiger partial charge in [-0.05, 0) is 43.0 Å². The van der Waals surface area contributed by atoms with E-state index in [1.165, 1.54) is 25.3 Å². The summed E-state index contributed by atoms with van der Waals surface area (Å²) >= 11 is 6.11. The highest BCUT2D eigenvalue weighted by Gasteiger charge is 2.30. The number of ether oxygens (including phenoxy) is 1. The molecule has 0 aliphatic carbocycles. The van der Waals surface area contributed by atoms with E-state index in [4.69, 9.17) is 16.3 Å². The summed E-state index contributed by atoms with van der Waals surface area (Å²) in [5, 5.41) is 0.193. The predicted molar refractivity (Wildman–Crippen MR) is 117 cm³/mol. The zero-order valence-corrected chi connectivity index (χ0v) is 18.6. The lowest BCUT2D eigenvalue weighted by Gasteiger charge is -2.27. The lowest BCUT2D eigenvalue weighted by atomic mass is 10.1. The molecule has 8 heteroatoms. The van der Waals surface area contributed by atoms with E-state index in [-0.39, 0.29) is 22.2 Å². The van der Waals surface area contributed by atoms with Crippen molar-refractivity contribution in [3.05, 3.63) is 59.1 Å². The van der Waals surface area contributed by atoms with E-state index in [2.05, 4.69) is 4.72 Å². The normalized spacial score (nSPS) is 16.0. The van der Waals surface area contributed by atoms with Crippen LogP contribution in [-0.4, -0.2) is 45.5 Å². The minimum Gasteiger partial charge on any atom is -0.495 e. The fraction of sp³-hybridized carbons (Fsp3) is 0.409. The lowest BCUT2D eigenvalue weighted by Crippen LogP contribution is -2.49. The van der Waals surface area contributed by atoms with Gasteiger partial charge in [-0.15, -0.1) is 0 Å². The summed E-state index contributed by atoms with van der Waals surface area (Å²) in [5.74, 6) is 0.195. The summed E-state index contributed by atoms with van der Waals surface area (Å²) in [7, 11) is -2.50. The largest absolute Gasteiger partial charge is 0.495 e. The number of likely N-dealkylation sites (tertiary alicyclic amines) is 1. The van der Waals surface area contributed by atoms with Crippen LogP contribution in [0.5, 0.6) is 5.75 Å². The first-order valence-electron chi connectivity index (χ1n) is 10.1. The van der Waals surface area contributed by atoms with Crippen LogP contribution in [0.15, 0.2) is 53.4 Å². The van der Waals surface area contributed by atoms with Crippen molar-refractivity contribution in [3.63, 3.8) is 0 Å². The van der Waals surface area contributed by atoms with E-state index >= 15 is 0 Å². The fourth-order valence-corrected chi connectivity index (χ4v) is 5.15. The number of carbonyl (C=O) groups excluding carboxylic acids is 1. The molecule has 3 rings (SSSR count). The van der Waals surface area contributed by atoms with Gasteiger partial charge in [0.15, 0.2) is 0 Å². The fourth-order valence-electron chi connectivity index (χ4n) is 3.61. The second kappa shape index (κ2) is 10.3. The molecule has 30 heavy (non-hydrogen) atoms. The van der Waals surface area contributed by atoms with E-state index < -0.39 is 16.1 Å². The van der Waals surface area contributed by atoms with Gasteiger partial charge in [0.05, 0.1) is 17.0 Å². The molecular weight excluding hydrogens is 424 g/mol. The third-order valence-electron chi connectivity index (χ3n) is 5.23. The predicted octanol–water partition coefficient (Wildman–Crippen LogP) is 3.64. The van der Waals surface area contributed by atoms with Gasteiger partial charge in [0.1, 0.15) is 11.8 Å². The molecule has 1 saturated heterocycles. The summed E-state index contributed by atoms with van der Waals surface area (Å²) in [6, 6.07) is 12.8. The van der Waals surface area contributed by atoms with Crippen LogP contribution in [-0.2, 0) is 21.2 Å². The van der Waals surface area contributed by atoms with Crippen molar-refractivity contribution in [1.82, 2.24) is 9.62 Å². The van der Waals surface area contributed by atoms with Gasteiger partial charge in [-0.25, -0.2) is 8.42 Å². The molecule has 1 atom stereocenters. The Hall–Kier alpha value is -2.09. The topological polar surface area (TPSA) is 75.7 Å². The van der Waals surface area contributed by atoms with Crippen LogP contribution in [0, 0.1) is 0 Å². The minimum absolute atomic E-state index is 0.00460. The zero-order chi connectivity index (χ0) is 21.6. The molecule has 1 aliphatic rings. The van der Waals surface area contributed by atoms with E-state index in [1.54, 1.807) is 4.90 Å². The van der Waals surface area contributed by atoms with Crippen LogP contribution in [0.4, 0.5) is 0 Å². The number of rotatable bonds is 7.